The predicted octanol–water partition coefficient (Wildman–Crippen LogP) is 3.43. The minimum atomic E-state index is -0.0486. The summed E-state index contributed by atoms with van der Waals surface area (Å²) in [5, 5.41) is 6.25. The van der Waals surface area contributed by atoms with Crippen LogP contribution in [0.15, 0.2) is 54.6 Å². The smallest absolute Gasteiger partial charge is 0.241 e. The molecule has 1 atom stereocenters. The van der Waals surface area contributed by atoms with Crippen molar-refractivity contribution in [3.8, 4) is 11.1 Å². The first kappa shape index (κ1) is 13.8. The van der Waals surface area contributed by atoms with Crippen molar-refractivity contribution in [2.45, 2.75) is 25.3 Å². The van der Waals surface area contributed by atoms with Gasteiger partial charge in [-0.2, -0.15) is 0 Å². The molecule has 1 aliphatic rings. The molecule has 0 aromatic heterocycles. The van der Waals surface area contributed by atoms with Crippen LogP contribution in [-0.2, 0) is 4.79 Å². The first-order valence-corrected chi connectivity index (χ1v) is 7.53. The first-order chi connectivity index (χ1) is 10.3. The van der Waals surface area contributed by atoms with E-state index in [0.29, 0.717) is 0 Å². The number of piperidine rings is 1. The van der Waals surface area contributed by atoms with Gasteiger partial charge in [-0.15, -0.1) is 0 Å². The maximum Gasteiger partial charge on any atom is 0.241 e. The minimum absolute atomic E-state index is 0.0486. The van der Waals surface area contributed by atoms with Gasteiger partial charge in [0.25, 0.3) is 0 Å². The second kappa shape index (κ2) is 6.55. The number of benzene rings is 2. The van der Waals surface area contributed by atoms with Gasteiger partial charge in [0.1, 0.15) is 0 Å². The van der Waals surface area contributed by atoms with Crippen LogP contribution in [0, 0.1) is 0 Å². The van der Waals surface area contributed by atoms with Gasteiger partial charge in [0.2, 0.25) is 5.91 Å². The maximum atomic E-state index is 12.1. The fourth-order valence-corrected chi connectivity index (χ4v) is 2.68. The van der Waals surface area contributed by atoms with Crippen LogP contribution in [0.5, 0.6) is 0 Å². The van der Waals surface area contributed by atoms with Gasteiger partial charge in [0.15, 0.2) is 0 Å². The molecule has 1 saturated heterocycles. The highest BCUT2D eigenvalue weighted by molar-refractivity contribution is 5.95. The van der Waals surface area contributed by atoms with Crippen molar-refractivity contribution in [1.29, 1.82) is 0 Å². The lowest BCUT2D eigenvalue weighted by atomic mass is 10.0. The van der Waals surface area contributed by atoms with E-state index in [1.54, 1.807) is 0 Å². The summed E-state index contributed by atoms with van der Waals surface area (Å²) in [5.41, 5.74) is 3.20. The van der Waals surface area contributed by atoms with E-state index in [2.05, 4.69) is 22.8 Å². The van der Waals surface area contributed by atoms with Crippen LogP contribution in [0.4, 0.5) is 5.69 Å². The van der Waals surface area contributed by atoms with Crippen molar-refractivity contribution in [2.75, 3.05) is 11.9 Å². The molecule has 0 unspecified atom stereocenters. The van der Waals surface area contributed by atoms with E-state index in [1.807, 2.05) is 42.5 Å². The van der Waals surface area contributed by atoms with Crippen LogP contribution >= 0.6 is 0 Å². The van der Waals surface area contributed by atoms with E-state index >= 15 is 0 Å². The normalized spacial score (nSPS) is 18.2. The zero-order valence-electron chi connectivity index (χ0n) is 12.0. The van der Waals surface area contributed by atoms with Crippen LogP contribution in [0.25, 0.3) is 11.1 Å². The molecule has 1 amide bonds. The topological polar surface area (TPSA) is 41.1 Å². The third-order valence-electron chi connectivity index (χ3n) is 3.89. The third kappa shape index (κ3) is 3.50. The molecular weight excluding hydrogens is 260 g/mol. The van der Waals surface area contributed by atoms with E-state index < -0.39 is 0 Å². The summed E-state index contributed by atoms with van der Waals surface area (Å²) in [6.45, 7) is 0.936. The van der Waals surface area contributed by atoms with Crippen LogP contribution in [0.2, 0.25) is 0 Å². The molecule has 0 bridgehead atoms. The van der Waals surface area contributed by atoms with Gasteiger partial charge < -0.3 is 10.6 Å². The number of rotatable bonds is 3. The summed E-state index contributed by atoms with van der Waals surface area (Å²) < 4.78 is 0. The Kier molecular flexibility index (Phi) is 4.31. The monoisotopic (exact) mass is 280 g/mol. The SMILES string of the molecule is O=C(Nc1ccc(-c2ccccc2)cc1)[C@@H]1CCCCN1. The Morgan fingerprint density at radius 1 is 0.952 bits per heavy atom. The molecule has 2 aromatic rings. The minimum Gasteiger partial charge on any atom is -0.325 e. The standard InChI is InChI=1S/C18H20N2O/c21-18(17-8-4-5-13-19-17)20-16-11-9-15(10-12-16)14-6-2-1-3-7-14/h1-3,6-7,9-12,17,19H,4-5,8,13H2,(H,20,21)/t17-/m0/s1. The van der Waals surface area contributed by atoms with E-state index in [4.69, 9.17) is 0 Å². The van der Waals surface area contributed by atoms with Crippen molar-refractivity contribution < 1.29 is 4.79 Å². The number of carbonyl (C=O) groups is 1. The van der Waals surface area contributed by atoms with Gasteiger partial charge in [0, 0.05) is 5.69 Å². The molecular formula is C18H20N2O. The van der Waals surface area contributed by atoms with Crippen LogP contribution < -0.4 is 10.6 Å². The summed E-state index contributed by atoms with van der Waals surface area (Å²) in [6.07, 6.45) is 3.21. The lowest BCUT2D eigenvalue weighted by Gasteiger charge is -2.22. The van der Waals surface area contributed by atoms with Gasteiger partial charge in [-0.05, 0) is 42.6 Å². The van der Waals surface area contributed by atoms with Crippen LogP contribution in [0.1, 0.15) is 19.3 Å². The average molecular weight is 280 g/mol. The Labute approximate surface area is 125 Å². The lowest BCUT2D eigenvalue weighted by Crippen LogP contribution is -2.43. The molecule has 2 aromatic carbocycles. The van der Waals surface area contributed by atoms with E-state index in [0.717, 1.165) is 37.1 Å². The average Bonchev–Trinajstić information content (AvgIpc) is 2.57. The summed E-state index contributed by atoms with van der Waals surface area (Å²) in [6, 6.07) is 18.2. The Morgan fingerprint density at radius 2 is 1.67 bits per heavy atom. The van der Waals surface area contributed by atoms with Crippen molar-refractivity contribution in [2.24, 2.45) is 0 Å². The van der Waals surface area contributed by atoms with E-state index in [-0.39, 0.29) is 11.9 Å². The summed E-state index contributed by atoms with van der Waals surface area (Å²) in [5.74, 6) is 0.0714. The van der Waals surface area contributed by atoms with Gasteiger partial charge >= 0.3 is 0 Å². The van der Waals surface area contributed by atoms with Gasteiger partial charge in [0.05, 0.1) is 6.04 Å². The van der Waals surface area contributed by atoms with Crippen molar-refractivity contribution in [3.63, 3.8) is 0 Å². The fourth-order valence-electron chi connectivity index (χ4n) is 2.68. The number of hydrogen-bond donors (Lipinski definition) is 2. The molecule has 1 heterocycles. The summed E-state index contributed by atoms with van der Waals surface area (Å²) >= 11 is 0. The highest BCUT2D eigenvalue weighted by Crippen LogP contribution is 2.21. The van der Waals surface area contributed by atoms with Crippen molar-refractivity contribution in [1.82, 2.24) is 5.32 Å². The van der Waals surface area contributed by atoms with Gasteiger partial charge in [-0.3, -0.25) is 4.79 Å². The highest BCUT2D eigenvalue weighted by Gasteiger charge is 2.20. The molecule has 0 radical (unpaired) electrons. The Bertz CT molecular complexity index is 586. The number of anilines is 1. The molecule has 3 nitrogen and oxygen atoms in total. The van der Waals surface area contributed by atoms with E-state index in [1.165, 1.54) is 5.56 Å². The quantitative estimate of drug-likeness (QED) is 0.904. The van der Waals surface area contributed by atoms with Crippen molar-refractivity contribution in [3.05, 3.63) is 54.6 Å². The number of carbonyl (C=O) groups excluding carboxylic acids is 1. The molecule has 21 heavy (non-hydrogen) atoms. The van der Waals surface area contributed by atoms with Crippen molar-refractivity contribution >= 4 is 11.6 Å². The number of nitrogens with one attached hydrogen (secondary N) is 2. The zero-order valence-corrected chi connectivity index (χ0v) is 12.0. The molecule has 0 spiro atoms. The van der Waals surface area contributed by atoms with Crippen LogP contribution in [0.3, 0.4) is 0 Å². The molecule has 0 saturated carbocycles. The molecule has 108 valence electrons. The fraction of sp³-hybridized carbons (Fsp3) is 0.278. The highest BCUT2D eigenvalue weighted by atomic mass is 16.2. The Hall–Kier alpha value is -2.13. The van der Waals surface area contributed by atoms with E-state index in [9.17, 15) is 4.79 Å². The lowest BCUT2D eigenvalue weighted by molar-refractivity contribution is -0.118. The largest absolute Gasteiger partial charge is 0.325 e. The Balaban J connectivity index is 1.65. The number of hydrogen-bond acceptors (Lipinski definition) is 2. The zero-order chi connectivity index (χ0) is 14.5. The summed E-state index contributed by atoms with van der Waals surface area (Å²) in [4.78, 5) is 12.1. The van der Waals surface area contributed by atoms with Gasteiger partial charge in [-0.25, -0.2) is 0 Å². The predicted molar refractivity (Wildman–Crippen MR) is 86.1 cm³/mol. The van der Waals surface area contributed by atoms with Gasteiger partial charge in [-0.1, -0.05) is 48.9 Å². The molecule has 1 fully saturated rings. The third-order valence-corrected chi connectivity index (χ3v) is 3.89. The molecule has 2 N–H and O–H groups in total. The Morgan fingerprint density at radius 3 is 2.33 bits per heavy atom. The second-order valence-electron chi connectivity index (χ2n) is 5.44. The molecule has 0 aliphatic carbocycles. The molecule has 3 rings (SSSR count). The molecule has 1 aliphatic heterocycles. The number of amides is 1. The first-order valence-electron chi connectivity index (χ1n) is 7.53. The second-order valence-corrected chi connectivity index (χ2v) is 5.44. The molecule has 3 heteroatoms. The maximum absolute atomic E-state index is 12.1. The van der Waals surface area contributed by atoms with Crippen LogP contribution in [-0.4, -0.2) is 18.5 Å². The summed E-state index contributed by atoms with van der Waals surface area (Å²) in [7, 11) is 0.